The SMILES string of the molecule is CCC(Oc1ccc(C)cc1)C(=O)Nc1cccc(C(=O)N2CCN(C)CC2)c1. The van der Waals surface area contributed by atoms with Crippen molar-refractivity contribution >= 4 is 17.5 Å². The molecular weight excluding hydrogens is 366 g/mol. The van der Waals surface area contributed by atoms with Crippen molar-refractivity contribution in [2.45, 2.75) is 26.4 Å². The van der Waals surface area contributed by atoms with Crippen LogP contribution in [-0.2, 0) is 4.79 Å². The average molecular weight is 396 g/mol. The molecule has 1 unspecified atom stereocenters. The van der Waals surface area contributed by atoms with Gasteiger partial charge in [-0.1, -0.05) is 30.7 Å². The molecule has 0 aromatic heterocycles. The van der Waals surface area contributed by atoms with E-state index in [2.05, 4.69) is 17.3 Å². The molecule has 0 spiro atoms. The topological polar surface area (TPSA) is 61.9 Å². The number of piperazine rings is 1. The van der Waals surface area contributed by atoms with Crippen LogP contribution in [0.1, 0.15) is 29.3 Å². The smallest absolute Gasteiger partial charge is 0.265 e. The maximum atomic E-state index is 12.8. The van der Waals surface area contributed by atoms with Crippen molar-refractivity contribution in [3.05, 3.63) is 59.7 Å². The van der Waals surface area contributed by atoms with E-state index in [0.29, 0.717) is 36.5 Å². The lowest BCUT2D eigenvalue weighted by Crippen LogP contribution is -2.47. The first-order valence-corrected chi connectivity index (χ1v) is 10.1. The van der Waals surface area contributed by atoms with Gasteiger partial charge in [0.15, 0.2) is 6.10 Å². The van der Waals surface area contributed by atoms with Crippen LogP contribution >= 0.6 is 0 Å². The Morgan fingerprint density at radius 1 is 1.07 bits per heavy atom. The number of hydrogen-bond acceptors (Lipinski definition) is 4. The molecule has 6 heteroatoms. The second kappa shape index (κ2) is 9.56. The maximum Gasteiger partial charge on any atom is 0.265 e. The highest BCUT2D eigenvalue weighted by Gasteiger charge is 2.22. The van der Waals surface area contributed by atoms with Crippen LogP contribution < -0.4 is 10.1 Å². The number of aryl methyl sites for hydroxylation is 1. The average Bonchev–Trinajstić information content (AvgIpc) is 2.73. The molecule has 0 radical (unpaired) electrons. The van der Waals surface area contributed by atoms with Crippen LogP contribution in [0.4, 0.5) is 5.69 Å². The number of nitrogens with one attached hydrogen (secondary N) is 1. The molecule has 1 heterocycles. The second-order valence-electron chi connectivity index (χ2n) is 7.49. The van der Waals surface area contributed by atoms with Gasteiger partial charge in [-0.2, -0.15) is 0 Å². The van der Waals surface area contributed by atoms with E-state index >= 15 is 0 Å². The van der Waals surface area contributed by atoms with E-state index in [-0.39, 0.29) is 11.8 Å². The van der Waals surface area contributed by atoms with Crippen molar-refractivity contribution in [1.29, 1.82) is 0 Å². The van der Waals surface area contributed by atoms with Gasteiger partial charge in [0.1, 0.15) is 5.75 Å². The van der Waals surface area contributed by atoms with Crippen LogP contribution in [0.3, 0.4) is 0 Å². The summed E-state index contributed by atoms with van der Waals surface area (Å²) >= 11 is 0. The Morgan fingerprint density at radius 3 is 2.41 bits per heavy atom. The van der Waals surface area contributed by atoms with E-state index in [1.54, 1.807) is 24.3 Å². The highest BCUT2D eigenvalue weighted by Crippen LogP contribution is 2.18. The lowest BCUT2D eigenvalue weighted by Gasteiger charge is -2.32. The number of benzene rings is 2. The number of hydrogen-bond donors (Lipinski definition) is 1. The predicted molar refractivity (Wildman–Crippen MR) is 114 cm³/mol. The molecule has 1 fully saturated rings. The summed E-state index contributed by atoms with van der Waals surface area (Å²) < 4.78 is 5.84. The zero-order chi connectivity index (χ0) is 20.8. The molecule has 2 aromatic rings. The maximum absolute atomic E-state index is 12.8. The van der Waals surface area contributed by atoms with Crippen molar-refractivity contribution in [1.82, 2.24) is 9.80 Å². The molecule has 1 saturated heterocycles. The van der Waals surface area contributed by atoms with E-state index in [0.717, 1.165) is 18.7 Å². The third kappa shape index (κ3) is 5.57. The summed E-state index contributed by atoms with van der Waals surface area (Å²) in [5, 5.41) is 2.89. The Kier molecular flexibility index (Phi) is 6.88. The Labute approximate surface area is 172 Å². The van der Waals surface area contributed by atoms with E-state index in [1.807, 2.05) is 43.0 Å². The number of carbonyl (C=O) groups is 2. The molecule has 0 aliphatic carbocycles. The molecule has 1 aliphatic heterocycles. The summed E-state index contributed by atoms with van der Waals surface area (Å²) in [5.74, 6) is 0.436. The van der Waals surface area contributed by atoms with E-state index < -0.39 is 6.10 Å². The Hall–Kier alpha value is -2.86. The fourth-order valence-corrected chi connectivity index (χ4v) is 3.25. The van der Waals surface area contributed by atoms with E-state index in [9.17, 15) is 9.59 Å². The Morgan fingerprint density at radius 2 is 1.76 bits per heavy atom. The van der Waals surface area contributed by atoms with Gasteiger partial charge < -0.3 is 19.9 Å². The van der Waals surface area contributed by atoms with Gasteiger partial charge in [-0.05, 0) is 50.7 Å². The zero-order valence-corrected chi connectivity index (χ0v) is 17.4. The van der Waals surface area contributed by atoms with Gasteiger partial charge in [0.05, 0.1) is 0 Å². The van der Waals surface area contributed by atoms with Crippen molar-refractivity contribution in [2.75, 3.05) is 38.5 Å². The first-order chi connectivity index (χ1) is 14.0. The minimum atomic E-state index is -0.602. The minimum Gasteiger partial charge on any atom is -0.481 e. The molecule has 3 rings (SSSR count). The standard InChI is InChI=1S/C23H29N3O3/c1-4-21(29-20-10-8-17(2)9-11-20)22(27)24-19-7-5-6-18(16-19)23(28)26-14-12-25(3)13-15-26/h5-11,16,21H,4,12-15H2,1-3H3,(H,24,27). The van der Waals surface area contributed by atoms with Crippen LogP contribution in [0.15, 0.2) is 48.5 Å². The fourth-order valence-electron chi connectivity index (χ4n) is 3.25. The first-order valence-electron chi connectivity index (χ1n) is 10.1. The van der Waals surface area contributed by atoms with Gasteiger partial charge in [-0.25, -0.2) is 0 Å². The van der Waals surface area contributed by atoms with Crippen molar-refractivity contribution in [2.24, 2.45) is 0 Å². The van der Waals surface area contributed by atoms with Crippen molar-refractivity contribution in [3.8, 4) is 5.75 Å². The minimum absolute atomic E-state index is 0.00264. The quantitative estimate of drug-likeness (QED) is 0.816. The van der Waals surface area contributed by atoms with Crippen molar-refractivity contribution in [3.63, 3.8) is 0 Å². The monoisotopic (exact) mass is 395 g/mol. The number of likely N-dealkylation sites (N-methyl/N-ethyl adjacent to an activating group) is 1. The van der Waals surface area contributed by atoms with Gasteiger partial charge in [0.2, 0.25) is 0 Å². The van der Waals surface area contributed by atoms with Gasteiger partial charge in [-0.3, -0.25) is 9.59 Å². The number of ether oxygens (including phenoxy) is 1. The number of rotatable bonds is 6. The fraction of sp³-hybridized carbons (Fsp3) is 0.391. The summed E-state index contributed by atoms with van der Waals surface area (Å²) in [7, 11) is 2.06. The molecular formula is C23H29N3O3. The molecule has 0 saturated carbocycles. The second-order valence-corrected chi connectivity index (χ2v) is 7.49. The van der Waals surface area contributed by atoms with E-state index in [1.165, 1.54) is 0 Å². The van der Waals surface area contributed by atoms with Crippen LogP contribution in [0.5, 0.6) is 5.75 Å². The third-order valence-electron chi connectivity index (χ3n) is 5.13. The summed E-state index contributed by atoms with van der Waals surface area (Å²) in [4.78, 5) is 29.5. The number of amides is 2. The van der Waals surface area contributed by atoms with Crippen LogP contribution in [0.2, 0.25) is 0 Å². The highest BCUT2D eigenvalue weighted by molar-refractivity contribution is 5.98. The van der Waals surface area contributed by atoms with Gasteiger partial charge in [-0.15, -0.1) is 0 Å². The van der Waals surface area contributed by atoms with Crippen LogP contribution in [0.25, 0.3) is 0 Å². The molecule has 2 aromatic carbocycles. The lowest BCUT2D eigenvalue weighted by atomic mass is 10.1. The molecule has 0 bridgehead atoms. The lowest BCUT2D eigenvalue weighted by molar-refractivity contribution is -0.122. The molecule has 6 nitrogen and oxygen atoms in total. The summed E-state index contributed by atoms with van der Waals surface area (Å²) in [6.07, 6.45) is -0.0608. The van der Waals surface area contributed by atoms with E-state index in [4.69, 9.17) is 4.74 Å². The highest BCUT2D eigenvalue weighted by atomic mass is 16.5. The van der Waals surface area contributed by atoms with Gasteiger partial charge in [0.25, 0.3) is 11.8 Å². The Balaban J connectivity index is 1.64. The summed E-state index contributed by atoms with van der Waals surface area (Å²) in [5.41, 5.74) is 2.32. The van der Waals surface area contributed by atoms with Crippen LogP contribution in [0, 0.1) is 6.92 Å². The molecule has 1 atom stereocenters. The van der Waals surface area contributed by atoms with Gasteiger partial charge >= 0.3 is 0 Å². The molecule has 154 valence electrons. The first kappa shape index (κ1) is 20.9. The number of anilines is 1. The molecule has 1 N–H and O–H groups in total. The summed E-state index contributed by atoms with van der Waals surface area (Å²) in [6.45, 7) is 7.09. The van der Waals surface area contributed by atoms with Crippen molar-refractivity contribution < 1.29 is 14.3 Å². The van der Waals surface area contributed by atoms with Crippen LogP contribution in [-0.4, -0.2) is 60.9 Å². The third-order valence-corrected chi connectivity index (χ3v) is 5.13. The molecule has 2 amide bonds. The zero-order valence-electron chi connectivity index (χ0n) is 17.4. The van der Waals surface area contributed by atoms with Gasteiger partial charge in [0, 0.05) is 37.4 Å². The largest absolute Gasteiger partial charge is 0.481 e. The summed E-state index contributed by atoms with van der Waals surface area (Å²) in [6, 6.07) is 14.7. The molecule has 29 heavy (non-hydrogen) atoms. The number of nitrogens with zero attached hydrogens (tertiary/aromatic N) is 2. The normalized spacial score (nSPS) is 15.6. The predicted octanol–water partition coefficient (Wildman–Crippen LogP) is 3.18. The molecule has 1 aliphatic rings. The Bertz CT molecular complexity index is 843. The number of carbonyl (C=O) groups excluding carboxylic acids is 2.